The van der Waals surface area contributed by atoms with Crippen molar-refractivity contribution in [1.82, 2.24) is 0 Å². The quantitative estimate of drug-likeness (QED) is 0.694. The molecule has 0 heterocycles. The van der Waals surface area contributed by atoms with Crippen LogP contribution in [0.3, 0.4) is 0 Å². The van der Waals surface area contributed by atoms with Crippen LogP contribution in [0, 0.1) is 0 Å². The number of hydrogen-bond acceptors (Lipinski definition) is 2. The molecule has 2 aromatic carbocycles. The average molecular weight is 356 g/mol. The van der Waals surface area contributed by atoms with E-state index in [0.29, 0.717) is 0 Å². The highest BCUT2D eigenvalue weighted by atomic mass is 28.4. The number of aryl methyl sites for hydroxylation is 2. The molecule has 0 amide bonds. The van der Waals surface area contributed by atoms with E-state index < -0.39 is 8.32 Å². The summed E-state index contributed by atoms with van der Waals surface area (Å²) in [6.07, 6.45) is 4.64. The van der Waals surface area contributed by atoms with Crippen molar-refractivity contribution in [3.63, 3.8) is 0 Å². The Morgan fingerprint density at radius 3 is 2.56 bits per heavy atom. The van der Waals surface area contributed by atoms with Crippen LogP contribution in [0.4, 0.5) is 0 Å². The molecule has 2 nitrogen and oxygen atoms in total. The van der Waals surface area contributed by atoms with Crippen LogP contribution in [0.2, 0.25) is 18.1 Å². The Hall–Kier alpha value is -1.16. The summed E-state index contributed by atoms with van der Waals surface area (Å²) in [6, 6.07) is 11.5. The monoisotopic (exact) mass is 355 g/mol. The molecular weight excluding hydrogens is 322 g/mol. The summed E-state index contributed by atoms with van der Waals surface area (Å²) in [5, 5.41) is 3.03. The molecule has 3 heteroatoms. The van der Waals surface area contributed by atoms with Crippen molar-refractivity contribution in [2.24, 2.45) is 5.73 Å². The van der Waals surface area contributed by atoms with Crippen LogP contribution in [-0.4, -0.2) is 14.9 Å². The fraction of sp³-hybridized carbons (Fsp3) is 0.545. The fourth-order valence-electron chi connectivity index (χ4n) is 3.57. The van der Waals surface area contributed by atoms with Crippen LogP contribution in [0.5, 0.6) is 0 Å². The standard InChI is InChI=1S/C22H33NOSi/c1-22(2,3)25(4,5)24-21-13-12-18-19(21)11-10-17-9-8-16(7-6-14-23)15-20(17)18/h8-11,15,21H,6-7,12-14,23H2,1-5H3. The third kappa shape index (κ3) is 3.69. The van der Waals surface area contributed by atoms with E-state index in [1.54, 1.807) is 0 Å². The summed E-state index contributed by atoms with van der Waals surface area (Å²) in [6.45, 7) is 12.4. The van der Waals surface area contributed by atoms with E-state index >= 15 is 0 Å². The van der Waals surface area contributed by atoms with Gasteiger partial charge in [-0.05, 0) is 77.8 Å². The number of fused-ring (bicyclic) bond motifs is 3. The molecule has 1 aliphatic carbocycles. The summed E-state index contributed by atoms with van der Waals surface area (Å²) in [4.78, 5) is 0. The van der Waals surface area contributed by atoms with Gasteiger partial charge < -0.3 is 10.2 Å². The molecule has 2 aromatic rings. The third-order valence-corrected chi connectivity index (χ3v) is 10.6. The first kappa shape index (κ1) is 18.6. The first-order valence-electron chi connectivity index (χ1n) is 9.65. The van der Waals surface area contributed by atoms with E-state index in [4.69, 9.17) is 10.2 Å². The van der Waals surface area contributed by atoms with Crippen LogP contribution in [-0.2, 0) is 17.3 Å². The summed E-state index contributed by atoms with van der Waals surface area (Å²) in [5.41, 5.74) is 10.0. The van der Waals surface area contributed by atoms with Gasteiger partial charge in [0.05, 0.1) is 6.10 Å². The van der Waals surface area contributed by atoms with E-state index in [1.807, 2.05) is 0 Å². The molecule has 0 bridgehead atoms. The lowest BCUT2D eigenvalue weighted by Crippen LogP contribution is -2.41. The molecule has 25 heavy (non-hydrogen) atoms. The number of hydrogen-bond donors (Lipinski definition) is 1. The van der Waals surface area contributed by atoms with Crippen LogP contribution in [0.25, 0.3) is 10.8 Å². The minimum absolute atomic E-state index is 0.252. The van der Waals surface area contributed by atoms with Crippen molar-refractivity contribution in [3.05, 3.63) is 47.0 Å². The van der Waals surface area contributed by atoms with Gasteiger partial charge in [0.2, 0.25) is 0 Å². The van der Waals surface area contributed by atoms with Crippen molar-refractivity contribution in [1.29, 1.82) is 0 Å². The lowest BCUT2D eigenvalue weighted by molar-refractivity contribution is 0.185. The summed E-state index contributed by atoms with van der Waals surface area (Å²) < 4.78 is 6.76. The number of rotatable bonds is 5. The lowest BCUT2D eigenvalue weighted by Gasteiger charge is -2.38. The smallest absolute Gasteiger partial charge is 0.192 e. The van der Waals surface area contributed by atoms with Crippen LogP contribution < -0.4 is 5.73 Å². The predicted molar refractivity (Wildman–Crippen MR) is 111 cm³/mol. The van der Waals surface area contributed by atoms with Crippen molar-refractivity contribution in [2.45, 2.75) is 70.7 Å². The maximum absolute atomic E-state index is 6.76. The fourth-order valence-corrected chi connectivity index (χ4v) is 4.88. The van der Waals surface area contributed by atoms with Gasteiger partial charge in [0, 0.05) is 0 Å². The zero-order valence-corrected chi connectivity index (χ0v) is 17.5. The molecule has 0 saturated carbocycles. The normalized spacial score (nSPS) is 17.9. The van der Waals surface area contributed by atoms with Gasteiger partial charge in [-0.1, -0.05) is 51.1 Å². The van der Waals surface area contributed by atoms with E-state index in [2.05, 4.69) is 64.2 Å². The van der Waals surface area contributed by atoms with Gasteiger partial charge in [-0.25, -0.2) is 0 Å². The van der Waals surface area contributed by atoms with Crippen LogP contribution in [0.15, 0.2) is 30.3 Å². The van der Waals surface area contributed by atoms with Gasteiger partial charge in [0.15, 0.2) is 8.32 Å². The Labute approximate surface area is 153 Å². The molecule has 0 radical (unpaired) electrons. The SMILES string of the molecule is CC(C)(C)[Si](C)(C)OC1CCc2c1ccc1ccc(CCCN)cc21. The summed E-state index contributed by atoms with van der Waals surface area (Å²) >= 11 is 0. The number of nitrogens with two attached hydrogens (primary N) is 1. The van der Waals surface area contributed by atoms with Crippen molar-refractivity contribution >= 4 is 19.1 Å². The zero-order chi connectivity index (χ0) is 18.2. The molecule has 0 spiro atoms. The van der Waals surface area contributed by atoms with Crippen molar-refractivity contribution < 1.29 is 4.43 Å². The molecule has 2 N–H and O–H groups in total. The van der Waals surface area contributed by atoms with Gasteiger partial charge in [-0.15, -0.1) is 0 Å². The van der Waals surface area contributed by atoms with Gasteiger partial charge in [0.1, 0.15) is 0 Å². The van der Waals surface area contributed by atoms with Gasteiger partial charge in [-0.2, -0.15) is 0 Å². The van der Waals surface area contributed by atoms with E-state index in [1.165, 1.54) is 27.5 Å². The molecule has 136 valence electrons. The average Bonchev–Trinajstić information content (AvgIpc) is 2.94. The molecule has 1 atom stereocenters. The largest absolute Gasteiger partial charge is 0.410 e. The Morgan fingerprint density at radius 2 is 1.88 bits per heavy atom. The molecule has 3 rings (SSSR count). The van der Waals surface area contributed by atoms with Crippen molar-refractivity contribution in [3.8, 4) is 0 Å². The lowest BCUT2D eigenvalue weighted by atomic mass is 9.97. The third-order valence-electron chi connectivity index (χ3n) is 6.15. The Balaban J connectivity index is 1.93. The second-order valence-electron chi connectivity index (χ2n) is 8.99. The maximum atomic E-state index is 6.76. The molecule has 0 aliphatic heterocycles. The Kier molecular flexibility index (Phi) is 5.11. The molecule has 0 fully saturated rings. The molecule has 1 unspecified atom stereocenters. The minimum atomic E-state index is -1.75. The molecule has 1 aliphatic rings. The van der Waals surface area contributed by atoms with Gasteiger partial charge in [0.25, 0.3) is 0 Å². The van der Waals surface area contributed by atoms with E-state index in [9.17, 15) is 0 Å². The summed E-state index contributed by atoms with van der Waals surface area (Å²) in [7, 11) is -1.75. The zero-order valence-electron chi connectivity index (χ0n) is 16.5. The topological polar surface area (TPSA) is 35.2 Å². The second kappa shape index (κ2) is 6.86. The Morgan fingerprint density at radius 1 is 1.16 bits per heavy atom. The molecular formula is C22H33NOSi. The first-order valence-corrected chi connectivity index (χ1v) is 12.6. The summed E-state index contributed by atoms with van der Waals surface area (Å²) in [5.74, 6) is 0. The highest BCUT2D eigenvalue weighted by molar-refractivity contribution is 6.74. The second-order valence-corrected chi connectivity index (χ2v) is 13.7. The first-order chi connectivity index (χ1) is 11.7. The Bertz CT molecular complexity index is 760. The van der Waals surface area contributed by atoms with Crippen LogP contribution in [0.1, 0.15) is 56.4 Å². The molecule has 0 aromatic heterocycles. The van der Waals surface area contributed by atoms with Gasteiger partial charge >= 0.3 is 0 Å². The van der Waals surface area contributed by atoms with Gasteiger partial charge in [-0.3, -0.25) is 0 Å². The van der Waals surface area contributed by atoms with Crippen LogP contribution >= 0.6 is 0 Å². The molecule has 0 saturated heterocycles. The minimum Gasteiger partial charge on any atom is -0.410 e. The van der Waals surface area contributed by atoms with E-state index in [0.717, 1.165) is 32.2 Å². The predicted octanol–water partition coefficient (Wildman–Crippen LogP) is 5.74. The highest BCUT2D eigenvalue weighted by Gasteiger charge is 2.40. The maximum Gasteiger partial charge on any atom is 0.192 e. The van der Waals surface area contributed by atoms with Crippen molar-refractivity contribution in [2.75, 3.05) is 6.54 Å². The van der Waals surface area contributed by atoms with E-state index in [-0.39, 0.29) is 11.1 Å². The highest BCUT2D eigenvalue weighted by Crippen LogP contribution is 2.45. The number of benzene rings is 2.